The third kappa shape index (κ3) is 3.65. The molecule has 0 aromatic carbocycles. The van der Waals surface area contributed by atoms with Crippen LogP contribution in [-0.2, 0) is 9.59 Å². The number of amides is 1. The van der Waals surface area contributed by atoms with Crippen LogP contribution in [0.1, 0.15) is 48.0 Å². The molecule has 0 aliphatic carbocycles. The molecule has 0 fully saturated rings. The Morgan fingerprint density at radius 1 is 1.27 bits per heavy atom. The molecule has 0 aromatic rings. The molecule has 0 rings (SSSR count). The zero-order chi connectivity index (χ0) is 12.3. The predicted molar refractivity (Wildman–Crippen MR) is 61.5 cm³/mol. The number of carbonyl (C=O) groups excluding carboxylic acids is 2. The third-order valence-corrected chi connectivity index (χ3v) is 2.93. The molecule has 0 aliphatic heterocycles. The Labute approximate surface area is 92.6 Å². The van der Waals surface area contributed by atoms with E-state index in [0.717, 1.165) is 6.42 Å². The second-order valence-electron chi connectivity index (χ2n) is 5.67. The van der Waals surface area contributed by atoms with Gasteiger partial charge < -0.3 is 5.32 Å². The lowest BCUT2D eigenvalue weighted by molar-refractivity contribution is -0.133. The SMILES string of the molecule is CCC(C)(C)C(NC=O)C(=O)C(C)(C)C. The number of nitrogens with one attached hydrogen (secondary N) is 1. The van der Waals surface area contributed by atoms with Gasteiger partial charge in [0.15, 0.2) is 5.78 Å². The number of hydrogen-bond donors (Lipinski definition) is 1. The van der Waals surface area contributed by atoms with Crippen LogP contribution >= 0.6 is 0 Å². The molecule has 1 atom stereocenters. The highest BCUT2D eigenvalue weighted by atomic mass is 16.1. The number of carbonyl (C=O) groups is 2. The lowest BCUT2D eigenvalue weighted by atomic mass is 9.73. The van der Waals surface area contributed by atoms with Crippen molar-refractivity contribution >= 4 is 12.2 Å². The highest BCUT2D eigenvalue weighted by molar-refractivity contribution is 5.90. The quantitative estimate of drug-likeness (QED) is 0.711. The van der Waals surface area contributed by atoms with E-state index < -0.39 is 11.5 Å². The van der Waals surface area contributed by atoms with Crippen LogP contribution in [0.15, 0.2) is 0 Å². The second kappa shape index (κ2) is 4.77. The second-order valence-corrected chi connectivity index (χ2v) is 5.67. The van der Waals surface area contributed by atoms with Crippen molar-refractivity contribution in [2.45, 2.75) is 54.0 Å². The summed E-state index contributed by atoms with van der Waals surface area (Å²) in [4.78, 5) is 22.7. The summed E-state index contributed by atoms with van der Waals surface area (Å²) >= 11 is 0. The number of hydrogen-bond acceptors (Lipinski definition) is 2. The first-order valence-corrected chi connectivity index (χ1v) is 5.41. The van der Waals surface area contributed by atoms with Gasteiger partial charge in [0.25, 0.3) is 0 Å². The van der Waals surface area contributed by atoms with E-state index in [1.165, 1.54) is 0 Å². The Hall–Kier alpha value is -0.860. The molecule has 0 saturated carbocycles. The van der Waals surface area contributed by atoms with Crippen LogP contribution in [0.25, 0.3) is 0 Å². The van der Waals surface area contributed by atoms with Gasteiger partial charge in [-0.3, -0.25) is 9.59 Å². The van der Waals surface area contributed by atoms with Crippen LogP contribution in [0, 0.1) is 10.8 Å². The molecule has 0 heterocycles. The van der Waals surface area contributed by atoms with E-state index in [9.17, 15) is 9.59 Å². The zero-order valence-electron chi connectivity index (χ0n) is 10.7. The van der Waals surface area contributed by atoms with Crippen LogP contribution in [0.4, 0.5) is 0 Å². The topological polar surface area (TPSA) is 46.2 Å². The largest absolute Gasteiger partial charge is 0.348 e. The molecule has 0 aliphatic rings. The molecule has 0 radical (unpaired) electrons. The minimum Gasteiger partial charge on any atom is -0.348 e. The third-order valence-electron chi connectivity index (χ3n) is 2.93. The smallest absolute Gasteiger partial charge is 0.207 e. The van der Waals surface area contributed by atoms with Crippen molar-refractivity contribution in [1.82, 2.24) is 5.32 Å². The Morgan fingerprint density at radius 2 is 1.73 bits per heavy atom. The molecule has 0 saturated heterocycles. The van der Waals surface area contributed by atoms with E-state index in [0.29, 0.717) is 6.41 Å². The fraction of sp³-hybridized carbons (Fsp3) is 0.833. The summed E-state index contributed by atoms with van der Waals surface area (Å²) in [5, 5.41) is 2.65. The highest BCUT2D eigenvalue weighted by Crippen LogP contribution is 2.30. The monoisotopic (exact) mass is 213 g/mol. The fourth-order valence-corrected chi connectivity index (χ4v) is 1.36. The van der Waals surface area contributed by atoms with E-state index in [2.05, 4.69) is 5.32 Å². The molecule has 15 heavy (non-hydrogen) atoms. The maximum absolute atomic E-state index is 12.1. The van der Waals surface area contributed by atoms with E-state index in [-0.39, 0.29) is 11.2 Å². The summed E-state index contributed by atoms with van der Waals surface area (Å²) in [6.07, 6.45) is 1.46. The Kier molecular flexibility index (Phi) is 4.50. The van der Waals surface area contributed by atoms with Gasteiger partial charge >= 0.3 is 0 Å². The van der Waals surface area contributed by atoms with Gasteiger partial charge in [-0.2, -0.15) is 0 Å². The van der Waals surface area contributed by atoms with Crippen LogP contribution in [0.5, 0.6) is 0 Å². The van der Waals surface area contributed by atoms with Crippen LogP contribution in [-0.4, -0.2) is 18.2 Å². The Bertz CT molecular complexity index is 238. The van der Waals surface area contributed by atoms with Crippen LogP contribution in [0.3, 0.4) is 0 Å². The number of rotatable bonds is 5. The van der Waals surface area contributed by atoms with Crippen molar-refractivity contribution in [3.8, 4) is 0 Å². The summed E-state index contributed by atoms with van der Waals surface area (Å²) in [6, 6.07) is -0.403. The van der Waals surface area contributed by atoms with E-state index in [1.54, 1.807) is 0 Å². The van der Waals surface area contributed by atoms with Gasteiger partial charge in [-0.05, 0) is 11.8 Å². The lowest BCUT2D eigenvalue weighted by Gasteiger charge is -2.35. The van der Waals surface area contributed by atoms with Gasteiger partial charge in [0.05, 0.1) is 6.04 Å². The van der Waals surface area contributed by atoms with Gasteiger partial charge in [0.1, 0.15) is 0 Å². The summed E-state index contributed by atoms with van der Waals surface area (Å²) < 4.78 is 0. The molecule has 3 heteroatoms. The molecule has 3 nitrogen and oxygen atoms in total. The number of Topliss-reactive ketones (excluding diaryl/α,β-unsaturated/α-hetero) is 1. The summed E-state index contributed by atoms with van der Waals surface area (Å²) in [5.74, 6) is 0.0847. The van der Waals surface area contributed by atoms with Gasteiger partial charge in [-0.15, -0.1) is 0 Å². The van der Waals surface area contributed by atoms with Crippen LogP contribution in [0.2, 0.25) is 0 Å². The molecular weight excluding hydrogens is 190 g/mol. The molecule has 0 aromatic heterocycles. The summed E-state index contributed by atoms with van der Waals surface area (Å²) in [5.41, 5.74) is -0.627. The zero-order valence-corrected chi connectivity index (χ0v) is 10.7. The Balaban J connectivity index is 4.98. The van der Waals surface area contributed by atoms with Crippen molar-refractivity contribution in [2.24, 2.45) is 10.8 Å². The van der Waals surface area contributed by atoms with Gasteiger partial charge in [-0.1, -0.05) is 41.5 Å². The predicted octanol–water partition coefficient (Wildman–Crippen LogP) is 2.15. The normalized spacial score (nSPS) is 14.5. The van der Waals surface area contributed by atoms with Crippen molar-refractivity contribution in [3.63, 3.8) is 0 Å². The highest BCUT2D eigenvalue weighted by Gasteiger charge is 2.38. The van der Waals surface area contributed by atoms with Gasteiger partial charge in [-0.25, -0.2) is 0 Å². The average molecular weight is 213 g/mol. The van der Waals surface area contributed by atoms with Crippen molar-refractivity contribution in [1.29, 1.82) is 0 Å². The average Bonchev–Trinajstić information content (AvgIpc) is 2.11. The first-order valence-electron chi connectivity index (χ1n) is 5.41. The van der Waals surface area contributed by atoms with E-state index in [4.69, 9.17) is 0 Å². The molecule has 0 bridgehead atoms. The van der Waals surface area contributed by atoms with Gasteiger partial charge in [0.2, 0.25) is 6.41 Å². The van der Waals surface area contributed by atoms with Crippen molar-refractivity contribution < 1.29 is 9.59 Å². The Morgan fingerprint density at radius 3 is 2.00 bits per heavy atom. The van der Waals surface area contributed by atoms with Crippen molar-refractivity contribution in [3.05, 3.63) is 0 Å². The minimum absolute atomic E-state index is 0.0847. The maximum atomic E-state index is 12.1. The molecular formula is C12H23NO2. The first kappa shape index (κ1) is 14.1. The number of ketones is 1. The molecule has 1 unspecified atom stereocenters. The molecule has 0 spiro atoms. The summed E-state index contributed by atoms with van der Waals surface area (Å²) in [7, 11) is 0. The lowest BCUT2D eigenvalue weighted by Crippen LogP contribution is -2.51. The standard InChI is InChI=1S/C12H23NO2/c1-7-12(5,6)9(13-8-14)10(15)11(2,3)4/h8-9H,7H2,1-6H3,(H,13,14). The minimum atomic E-state index is -0.423. The maximum Gasteiger partial charge on any atom is 0.207 e. The van der Waals surface area contributed by atoms with E-state index >= 15 is 0 Å². The van der Waals surface area contributed by atoms with Gasteiger partial charge in [0, 0.05) is 5.41 Å². The molecule has 88 valence electrons. The van der Waals surface area contributed by atoms with E-state index in [1.807, 2.05) is 41.5 Å². The fourth-order valence-electron chi connectivity index (χ4n) is 1.36. The van der Waals surface area contributed by atoms with Crippen LogP contribution < -0.4 is 5.32 Å². The molecule has 1 N–H and O–H groups in total. The summed E-state index contributed by atoms with van der Waals surface area (Å²) in [6.45, 7) is 11.6. The first-order chi connectivity index (χ1) is 6.66. The molecule has 1 amide bonds. The van der Waals surface area contributed by atoms with Crippen molar-refractivity contribution in [2.75, 3.05) is 0 Å².